The van der Waals surface area contributed by atoms with Gasteiger partial charge in [-0.15, -0.1) is 0 Å². The molecule has 0 saturated carbocycles. The fraction of sp³-hybridized carbons (Fsp3) is 0.417. The second kappa shape index (κ2) is 4.33. The normalized spacial score (nSPS) is 21.2. The molecule has 0 aromatic heterocycles. The maximum atomic E-state index is 8.65. The zero-order valence-electron chi connectivity index (χ0n) is 8.81. The summed E-state index contributed by atoms with van der Waals surface area (Å²) in [6.45, 7) is 2.08. The van der Waals surface area contributed by atoms with Crippen LogP contribution in [0.5, 0.6) is 5.75 Å². The number of rotatable bonds is 2. The molecule has 15 heavy (non-hydrogen) atoms. The van der Waals surface area contributed by atoms with Crippen molar-refractivity contribution in [2.24, 2.45) is 0 Å². The van der Waals surface area contributed by atoms with E-state index in [2.05, 4.69) is 18.0 Å². The van der Waals surface area contributed by atoms with Crippen LogP contribution in [-0.2, 0) is 0 Å². The van der Waals surface area contributed by atoms with E-state index in [1.807, 2.05) is 12.1 Å². The van der Waals surface area contributed by atoms with Crippen molar-refractivity contribution in [2.45, 2.75) is 12.5 Å². The van der Waals surface area contributed by atoms with Crippen molar-refractivity contribution in [2.75, 3.05) is 20.1 Å². The van der Waals surface area contributed by atoms with E-state index in [-0.39, 0.29) is 0 Å². The number of ether oxygens (including phenoxy) is 1. The maximum Gasteiger partial charge on any atom is 0.119 e. The minimum atomic E-state index is 0.294. The molecule has 78 valence electrons. The van der Waals surface area contributed by atoms with E-state index in [0.717, 1.165) is 25.3 Å². The van der Waals surface area contributed by atoms with E-state index < -0.39 is 0 Å². The molecule has 1 aliphatic rings. The zero-order chi connectivity index (χ0) is 10.7. The molecular weight excluding hydrogens is 188 g/mol. The van der Waals surface area contributed by atoms with Gasteiger partial charge in [0.05, 0.1) is 11.6 Å². The maximum absolute atomic E-state index is 8.65. The first-order chi connectivity index (χ1) is 7.28. The third-order valence-corrected chi connectivity index (χ3v) is 2.63. The largest absolute Gasteiger partial charge is 0.489 e. The number of benzene rings is 1. The van der Waals surface area contributed by atoms with E-state index in [1.165, 1.54) is 0 Å². The first-order valence-corrected chi connectivity index (χ1v) is 5.13. The number of nitriles is 1. The minimum absolute atomic E-state index is 0.294. The molecule has 0 aliphatic carbocycles. The van der Waals surface area contributed by atoms with Crippen LogP contribution in [0.1, 0.15) is 12.0 Å². The van der Waals surface area contributed by atoms with Gasteiger partial charge in [0.2, 0.25) is 0 Å². The summed E-state index contributed by atoms with van der Waals surface area (Å²) in [7, 11) is 2.10. The molecular formula is C12H14N2O. The average Bonchev–Trinajstić information content (AvgIpc) is 2.65. The Labute approximate surface area is 89.9 Å². The van der Waals surface area contributed by atoms with Gasteiger partial charge in [-0.1, -0.05) is 0 Å². The third-order valence-electron chi connectivity index (χ3n) is 2.63. The van der Waals surface area contributed by atoms with Crippen molar-refractivity contribution in [3.8, 4) is 11.8 Å². The van der Waals surface area contributed by atoms with Gasteiger partial charge in [-0.3, -0.25) is 0 Å². The minimum Gasteiger partial charge on any atom is -0.489 e. The molecule has 1 aliphatic heterocycles. The number of hydrogen-bond donors (Lipinski definition) is 0. The summed E-state index contributed by atoms with van der Waals surface area (Å²) in [6, 6.07) is 9.38. The van der Waals surface area contributed by atoms with Gasteiger partial charge < -0.3 is 9.64 Å². The van der Waals surface area contributed by atoms with Crippen molar-refractivity contribution < 1.29 is 4.74 Å². The highest BCUT2D eigenvalue weighted by molar-refractivity contribution is 5.34. The first kappa shape index (κ1) is 10.0. The Kier molecular flexibility index (Phi) is 2.89. The topological polar surface area (TPSA) is 36.3 Å². The van der Waals surface area contributed by atoms with Crippen LogP contribution in [0.2, 0.25) is 0 Å². The van der Waals surface area contributed by atoms with Gasteiger partial charge in [0.25, 0.3) is 0 Å². The molecule has 0 amide bonds. The molecule has 1 saturated heterocycles. The quantitative estimate of drug-likeness (QED) is 0.731. The van der Waals surface area contributed by atoms with Gasteiger partial charge in [-0.25, -0.2) is 0 Å². The Hall–Kier alpha value is -1.53. The highest BCUT2D eigenvalue weighted by Crippen LogP contribution is 2.17. The van der Waals surface area contributed by atoms with Gasteiger partial charge in [-0.05, 0) is 37.7 Å². The number of likely N-dealkylation sites (N-methyl/N-ethyl adjacent to an activating group) is 1. The summed E-state index contributed by atoms with van der Waals surface area (Å²) in [6.07, 6.45) is 1.37. The molecule has 0 N–H and O–H groups in total. The fourth-order valence-electron chi connectivity index (χ4n) is 1.79. The summed E-state index contributed by atoms with van der Waals surface area (Å²) in [4.78, 5) is 2.26. The summed E-state index contributed by atoms with van der Waals surface area (Å²) in [5.41, 5.74) is 0.672. The van der Waals surface area contributed by atoms with Gasteiger partial charge in [0.15, 0.2) is 0 Å². The van der Waals surface area contributed by atoms with Crippen LogP contribution in [0.3, 0.4) is 0 Å². The first-order valence-electron chi connectivity index (χ1n) is 5.13. The smallest absolute Gasteiger partial charge is 0.119 e. The summed E-state index contributed by atoms with van der Waals surface area (Å²) in [5, 5.41) is 8.65. The Morgan fingerprint density at radius 3 is 2.67 bits per heavy atom. The molecule has 3 heteroatoms. The molecule has 1 aromatic rings. The van der Waals surface area contributed by atoms with Crippen LogP contribution in [0.4, 0.5) is 0 Å². The second-order valence-electron chi connectivity index (χ2n) is 3.93. The van der Waals surface area contributed by atoms with Gasteiger partial charge in [0.1, 0.15) is 11.9 Å². The highest BCUT2D eigenvalue weighted by atomic mass is 16.5. The molecule has 1 heterocycles. The fourth-order valence-corrected chi connectivity index (χ4v) is 1.79. The predicted octanol–water partition coefficient (Wildman–Crippen LogP) is 1.64. The molecule has 2 rings (SSSR count). The van der Waals surface area contributed by atoms with Crippen molar-refractivity contribution >= 4 is 0 Å². The summed E-state index contributed by atoms with van der Waals surface area (Å²) in [5.74, 6) is 0.856. The Bertz CT molecular complexity index is 366. The molecule has 3 nitrogen and oxygen atoms in total. The van der Waals surface area contributed by atoms with E-state index in [1.54, 1.807) is 12.1 Å². The highest BCUT2D eigenvalue weighted by Gasteiger charge is 2.20. The SMILES string of the molecule is CN1CCC(Oc2ccc(C#N)cc2)C1. The van der Waals surface area contributed by atoms with Gasteiger partial charge >= 0.3 is 0 Å². The molecule has 0 spiro atoms. The standard InChI is InChI=1S/C12H14N2O/c1-14-7-6-12(9-14)15-11-4-2-10(8-13)3-5-11/h2-5,12H,6-7,9H2,1H3. The summed E-state index contributed by atoms with van der Waals surface area (Å²) < 4.78 is 5.79. The molecule has 1 aromatic carbocycles. The van der Waals surface area contributed by atoms with E-state index in [4.69, 9.17) is 10.00 Å². The van der Waals surface area contributed by atoms with Gasteiger partial charge in [0, 0.05) is 13.1 Å². The Balaban J connectivity index is 1.96. The van der Waals surface area contributed by atoms with Gasteiger partial charge in [-0.2, -0.15) is 5.26 Å². The second-order valence-corrected chi connectivity index (χ2v) is 3.93. The lowest BCUT2D eigenvalue weighted by atomic mass is 10.2. The Morgan fingerprint density at radius 1 is 1.40 bits per heavy atom. The number of nitrogens with zero attached hydrogens (tertiary/aromatic N) is 2. The van der Waals surface area contributed by atoms with E-state index in [0.29, 0.717) is 11.7 Å². The number of hydrogen-bond acceptors (Lipinski definition) is 3. The molecule has 1 unspecified atom stereocenters. The van der Waals surface area contributed by atoms with Crippen molar-refractivity contribution in [1.82, 2.24) is 4.90 Å². The molecule has 1 atom stereocenters. The molecule has 1 fully saturated rings. The third kappa shape index (κ3) is 2.48. The van der Waals surface area contributed by atoms with Crippen molar-refractivity contribution in [3.05, 3.63) is 29.8 Å². The van der Waals surface area contributed by atoms with Crippen LogP contribution in [0.25, 0.3) is 0 Å². The Morgan fingerprint density at radius 2 is 2.13 bits per heavy atom. The number of likely N-dealkylation sites (tertiary alicyclic amines) is 1. The van der Waals surface area contributed by atoms with Crippen LogP contribution in [-0.4, -0.2) is 31.1 Å². The predicted molar refractivity (Wildman–Crippen MR) is 57.7 cm³/mol. The van der Waals surface area contributed by atoms with Crippen LogP contribution in [0, 0.1) is 11.3 Å². The van der Waals surface area contributed by atoms with Crippen LogP contribution >= 0.6 is 0 Å². The zero-order valence-corrected chi connectivity index (χ0v) is 8.81. The molecule has 0 radical (unpaired) electrons. The summed E-state index contributed by atoms with van der Waals surface area (Å²) >= 11 is 0. The lowest BCUT2D eigenvalue weighted by Gasteiger charge is -2.13. The van der Waals surface area contributed by atoms with Crippen LogP contribution < -0.4 is 4.74 Å². The average molecular weight is 202 g/mol. The van der Waals surface area contributed by atoms with E-state index in [9.17, 15) is 0 Å². The molecule has 0 bridgehead atoms. The van der Waals surface area contributed by atoms with Crippen LogP contribution in [0.15, 0.2) is 24.3 Å². The van der Waals surface area contributed by atoms with Crippen molar-refractivity contribution in [3.63, 3.8) is 0 Å². The van der Waals surface area contributed by atoms with E-state index >= 15 is 0 Å². The monoisotopic (exact) mass is 202 g/mol. The lowest BCUT2D eigenvalue weighted by Crippen LogP contribution is -2.21. The van der Waals surface area contributed by atoms with Crippen molar-refractivity contribution in [1.29, 1.82) is 5.26 Å². The lowest BCUT2D eigenvalue weighted by molar-refractivity contribution is 0.208.